The first-order valence-electron chi connectivity index (χ1n) is 2.88. The van der Waals surface area contributed by atoms with E-state index in [9.17, 15) is 4.79 Å². The fraction of sp³-hybridized carbons (Fsp3) is 0.800. The smallest absolute Gasteiger partial charge is 0.320 e. The molecular formula is C5H11NO4. The zero-order chi connectivity index (χ0) is 8.15. The van der Waals surface area contributed by atoms with Gasteiger partial charge in [-0.1, -0.05) is 0 Å². The van der Waals surface area contributed by atoms with Gasteiger partial charge in [0.1, 0.15) is 6.04 Å². The van der Waals surface area contributed by atoms with Crippen LogP contribution in [0.3, 0.4) is 0 Å². The highest BCUT2D eigenvalue weighted by Crippen LogP contribution is 1.96. The lowest BCUT2D eigenvalue weighted by atomic mass is 10.2. The molecule has 0 spiro atoms. The van der Waals surface area contributed by atoms with Crippen LogP contribution >= 0.6 is 0 Å². The maximum atomic E-state index is 10.0. The Morgan fingerprint density at radius 1 is 1.40 bits per heavy atom. The van der Waals surface area contributed by atoms with Gasteiger partial charge in [-0.15, -0.1) is 0 Å². The molecule has 0 fully saturated rings. The minimum atomic E-state index is -1.47. The molecule has 5 N–H and O–H groups in total. The highest BCUT2D eigenvalue weighted by Gasteiger charge is 2.11. The van der Waals surface area contributed by atoms with Crippen molar-refractivity contribution >= 4 is 5.97 Å². The highest BCUT2D eigenvalue weighted by atomic mass is 16.5. The molecule has 5 heteroatoms. The molecule has 0 aromatic carbocycles. The van der Waals surface area contributed by atoms with E-state index in [4.69, 9.17) is 21.1 Å². The molecule has 0 heterocycles. The van der Waals surface area contributed by atoms with E-state index in [-0.39, 0.29) is 12.8 Å². The van der Waals surface area contributed by atoms with Crippen LogP contribution in [0.4, 0.5) is 0 Å². The van der Waals surface area contributed by atoms with E-state index in [1.54, 1.807) is 0 Å². The molecule has 0 aliphatic carbocycles. The zero-order valence-electron chi connectivity index (χ0n) is 5.40. The molecular weight excluding hydrogens is 138 g/mol. The number of carboxylic acid groups (broad SMARTS) is 1. The Hall–Kier alpha value is -0.650. The summed E-state index contributed by atoms with van der Waals surface area (Å²) in [6.45, 7) is 0. The van der Waals surface area contributed by atoms with E-state index in [1.165, 1.54) is 0 Å². The van der Waals surface area contributed by atoms with E-state index in [2.05, 4.69) is 0 Å². The van der Waals surface area contributed by atoms with Crippen LogP contribution in [0, 0.1) is 0 Å². The van der Waals surface area contributed by atoms with Crippen LogP contribution in [0.25, 0.3) is 0 Å². The van der Waals surface area contributed by atoms with Crippen LogP contribution in [-0.4, -0.2) is 33.6 Å². The third-order valence-corrected chi connectivity index (χ3v) is 1.05. The maximum absolute atomic E-state index is 10.0. The summed E-state index contributed by atoms with van der Waals surface area (Å²) in [5, 5.41) is 24.8. The number of hydrogen-bond acceptors (Lipinski definition) is 4. The zero-order valence-corrected chi connectivity index (χ0v) is 5.40. The molecule has 0 aromatic rings. The van der Waals surface area contributed by atoms with Gasteiger partial charge in [0.2, 0.25) is 0 Å². The number of carboxylic acids is 1. The van der Waals surface area contributed by atoms with Gasteiger partial charge < -0.3 is 21.1 Å². The Morgan fingerprint density at radius 2 is 1.90 bits per heavy atom. The molecule has 0 saturated heterocycles. The molecule has 0 aliphatic rings. The van der Waals surface area contributed by atoms with Crippen LogP contribution in [0.5, 0.6) is 0 Å². The van der Waals surface area contributed by atoms with Crippen molar-refractivity contribution in [3.63, 3.8) is 0 Å². The first-order valence-corrected chi connectivity index (χ1v) is 2.88. The van der Waals surface area contributed by atoms with Gasteiger partial charge in [0.05, 0.1) is 0 Å². The van der Waals surface area contributed by atoms with Crippen molar-refractivity contribution in [3.05, 3.63) is 0 Å². The van der Waals surface area contributed by atoms with E-state index >= 15 is 0 Å². The van der Waals surface area contributed by atoms with Crippen LogP contribution in [0.2, 0.25) is 0 Å². The summed E-state index contributed by atoms with van der Waals surface area (Å²) in [6, 6.07) is -0.998. The number of carbonyl (C=O) groups is 1. The first-order chi connectivity index (χ1) is 4.54. The summed E-state index contributed by atoms with van der Waals surface area (Å²) in [5.41, 5.74) is 5.04. The van der Waals surface area contributed by atoms with Crippen molar-refractivity contribution in [2.24, 2.45) is 5.73 Å². The molecule has 0 aromatic heterocycles. The molecule has 1 unspecified atom stereocenters. The van der Waals surface area contributed by atoms with Crippen LogP contribution in [-0.2, 0) is 4.79 Å². The van der Waals surface area contributed by atoms with Crippen molar-refractivity contribution < 1.29 is 20.1 Å². The lowest BCUT2D eigenvalue weighted by Crippen LogP contribution is -2.30. The first kappa shape index (κ1) is 9.35. The fourth-order valence-corrected chi connectivity index (χ4v) is 0.452. The molecule has 0 rings (SSSR count). The molecule has 0 amide bonds. The SMILES string of the molecule is NC(CCC(O)O)C(=O)O. The number of nitrogens with two attached hydrogens (primary N) is 1. The fourth-order valence-electron chi connectivity index (χ4n) is 0.452. The summed E-state index contributed by atoms with van der Waals surface area (Å²) in [5.74, 6) is -1.12. The lowest BCUT2D eigenvalue weighted by Gasteiger charge is -2.06. The Morgan fingerprint density at radius 3 is 2.20 bits per heavy atom. The summed E-state index contributed by atoms with van der Waals surface area (Å²) in [4.78, 5) is 10.0. The third-order valence-electron chi connectivity index (χ3n) is 1.05. The Labute approximate surface area is 58.1 Å². The molecule has 0 saturated carbocycles. The van der Waals surface area contributed by atoms with Gasteiger partial charge in [0.25, 0.3) is 0 Å². The normalized spacial score (nSPS) is 13.6. The second-order valence-corrected chi connectivity index (χ2v) is 2.00. The predicted octanol–water partition coefficient (Wildman–Crippen LogP) is -1.51. The van der Waals surface area contributed by atoms with Gasteiger partial charge in [0.15, 0.2) is 6.29 Å². The van der Waals surface area contributed by atoms with Crippen molar-refractivity contribution in [1.29, 1.82) is 0 Å². The number of aliphatic hydroxyl groups is 2. The van der Waals surface area contributed by atoms with Gasteiger partial charge in [-0.25, -0.2) is 0 Å². The Balaban J connectivity index is 3.40. The second-order valence-electron chi connectivity index (χ2n) is 2.00. The van der Waals surface area contributed by atoms with E-state index < -0.39 is 18.3 Å². The maximum Gasteiger partial charge on any atom is 0.320 e. The highest BCUT2D eigenvalue weighted by molar-refractivity contribution is 5.72. The lowest BCUT2D eigenvalue weighted by molar-refractivity contribution is -0.139. The quantitative estimate of drug-likeness (QED) is 0.364. The molecule has 60 valence electrons. The number of rotatable bonds is 4. The number of hydrogen-bond donors (Lipinski definition) is 4. The monoisotopic (exact) mass is 149 g/mol. The van der Waals surface area contributed by atoms with Crippen molar-refractivity contribution in [2.75, 3.05) is 0 Å². The topological polar surface area (TPSA) is 104 Å². The van der Waals surface area contributed by atoms with Crippen molar-refractivity contribution in [1.82, 2.24) is 0 Å². The molecule has 0 bridgehead atoms. The Bertz CT molecular complexity index is 114. The second kappa shape index (κ2) is 4.21. The van der Waals surface area contributed by atoms with Gasteiger partial charge in [-0.2, -0.15) is 0 Å². The minimum absolute atomic E-state index is 0.00648. The van der Waals surface area contributed by atoms with E-state index in [0.29, 0.717) is 0 Å². The summed E-state index contributed by atoms with van der Waals surface area (Å²) in [7, 11) is 0. The van der Waals surface area contributed by atoms with Crippen molar-refractivity contribution in [2.45, 2.75) is 25.2 Å². The summed E-state index contributed by atoms with van der Waals surface area (Å²) in [6.07, 6.45) is -1.40. The minimum Gasteiger partial charge on any atom is -0.480 e. The number of aliphatic hydroxyl groups excluding tert-OH is 1. The van der Waals surface area contributed by atoms with E-state index in [1.807, 2.05) is 0 Å². The largest absolute Gasteiger partial charge is 0.480 e. The van der Waals surface area contributed by atoms with E-state index in [0.717, 1.165) is 0 Å². The summed E-state index contributed by atoms with van der Waals surface area (Å²) < 4.78 is 0. The average molecular weight is 149 g/mol. The van der Waals surface area contributed by atoms with Gasteiger partial charge in [0, 0.05) is 0 Å². The van der Waals surface area contributed by atoms with Gasteiger partial charge in [-0.05, 0) is 12.8 Å². The molecule has 1 atom stereocenters. The predicted molar refractivity (Wildman–Crippen MR) is 33.1 cm³/mol. The van der Waals surface area contributed by atoms with Gasteiger partial charge >= 0.3 is 5.97 Å². The van der Waals surface area contributed by atoms with Crippen molar-refractivity contribution in [3.8, 4) is 0 Å². The molecule has 0 radical (unpaired) electrons. The van der Waals surface area contributed by atoms with Crippen LogP contribution in [0.1, 0.15) is 12.8 Å². The Kier molecular flexibility index (Phi) is 3.94. The third kappa shape index (κ3) is 4.25. The standard InChI is InChI=1S/C5H11NO4/c6-3(5(9)10)1-2-4(7)8/h3-4,7-8H,1-2,6H2,(H,9,10). The van der Waals surface area contributed by atoms with Gasteiger partial charge in [-0.3, -0.25) is 4.79 Å². The molecule has 10 heavy (non-hydrogen) atoms. The molecule has 5 nitrogen and oxygen atoms in total. The number of aliphatic carboxylic acids is 1. The summed E-state index contributed by atoms with van der Waals surface area (Å²) >= 11 is 0. The molecule has 0 aliphatic heterocycles. The van der Waals surface area contributed by atoms with Crippen LogP contribution in [0.15, 0.2) is 0 Å². The average Bonchev–Trinajstić information content (AvgIpc) is 1.82. The van der Waals surface area contributed by atoms with Crippen LogP contribution < -0.4 is 5.73 Å².